The predicted octanol–water partition coefficient (Wildman–Crippen LogP) is 6.62. The number of carbonyl (C=O) groups excluding carboxylic acids is 4. The van der Waals surface area contributed by atoms with E-state index >= 15 is 0 Å². The molecule has 0 radical (unpaired) electrons. The monoisotopic (exact) mass is 1440 g/mol. The zero-order valence-electron chi connectivity index (χ0n) is 59.5. The second kappa shape index (κ2) is 34.8. The van der Waals surface area contributed by atoms with Crippen molar-refractivity contribution in [2.24, 2.45) is 47.3 Å². The summed E-state index contributed by atoms with van der Waals surface area (Å²) in [5.74, 6) is -0.262. The highest BCUT2D eigenvalue weighted by Crippen LogP contribution is 2.38. The Balaban J connectivity index is 0.000000162. The fraction of sp³-hybridized carbons (Fsp3) is 0.487. The van der Waals surface area contributed by atoms with Gasteiger partial charge in [0.25, 0.3) is 0 Å². The van der Waals surface area contributed by atoms with E-state index < -0.39 is 24.4 Å². The third kappa shape index (κ3) is 17.7. The molecule has 12 atom stereocenters. The minimum atomic E-state index is -1.00. The minimum Gasteiger partial charge on any atom is -0.383 e. The van der Waals surface area contributed by atoms with E-state index in [9.17, 15) is 60.7 Å². The van der Waals surface area contributed by atoms with E-state index in [0.29, 0.717) is 92.6 Å². The predicted molar refractivity (Wildman–Crippen MR) is 403 cm³/mol. The highest BCUT2D eigenvalue weighted by atomic mass is 16.3. The molecule has 8 heterocycles. The molecule has 556 valence electrons. The van der Waals surface area contributed by atoms with E-state index in [1.54, 1.807) is 73.8 Å². The second-order valence-electron chi connectivity index (χ2n) is 28.9. The minimum absolute atomic E-state index is 0. The molecule has 8 aromatic rings. The number of nitriles is 4. The van der Waals surface area contributed by atoms with Crippen LogP contribution < -0.4 is 40.9 Å². The van der Waals surface area contributed by atoms with E-state index in [2.05, 4.69) is 133 Å². The quantitative estimate of drug-likeness (QED) is 0.0504. The van der Waals surface area contributed by atoms with Gasteiger partial charge < -0.3 is 61.3 Å². The molecule has 2 aliphatic carbocycles. The van der Waals surface area contributed by atoms with Crippen LogP contribution in [-0.2, 0) is 19.2 Å². The smallest absolute Gasteiger partial charge is 0.249 e. The molecule has 4 amide bonds. The second-order valence-corrected chi connectivity index (χ2v) is 28.9. The highest BCUT2D eigenvalue weighted by Gasteiger charge is 2.41. The van der Waals surface area contributed by atoms with Crippen molar-refractivity contribution in [3.63, 3.8) is 0 Å². The summed E-state index contributed by atoms with van der Waals surface area (Å²) < 4.78 is 0. The number of fused-ring (bicyclic) bond motifs is 4. The van der Waals surface area contributed by atoms with Crippen LogP contribution in [0.5, 0.6) is 0 Å². The van der Waals surface area contributed by atoms with Gasteiger partial charge >= 0.3 is 0 Å². The highest BCUT2D eigenvalue weighted by molar-refractivity contribution is 5.95. The average Bonchev–Trinajstić information content (AvgIpc) is 1.71. The van der Waals surface area contributed by atoms with Gasteiger partial charge in [-0.05, 0) is 122 Å². The number of nitrogens with zero attached hydrogens (tertiary/aromatic N) is 16. The molecule has 4 aliphatic heterocycles. The Bertz CT molecular complexity index is 4100. The molecule has 6 aliphatic rings. The van der Waals surface area contributed by atoms with Crippen molar-refractivity contribution in [1.82, 2.24) is 61.1 Å². The first-order chi connectivity index (χ1) is 50.0. The summed E-state index contributed by atoms with van der Waals surface area (Å²) in [6, 6.07) is 23.0. The number of hydrogen-bond acceptors (Lipinski definition) is 24. The Morgan fingerprint density at radius 1 is 0.358 bits per heavy atom. The zero-order chi connectivity index (χ0) is 74.2. The molecule has 0 bridgehead atoms. The molecule has 0 spiro atoms. The average molecular weight is 1440 g/mol. The molecular formula is C78H96N20O8. The molecular weight excluding hydrogens is 1340 g/mol. The lowest BCUT2D eigenvalue weighted by molar-refractivity contribution is -0.132. The molecule has 2 saturated carbocycles. The molecule has 4 aromatic carbocycles. The number of carbonyl (C=O) groups is 4. The molecule has 4 aromatic heterocycles. The lowest BCUT2D eigenvalue weighted by Crippen LogP contribution is -2.46. The van der Waals surface area contributed by atoms with Crippen molar-refractivity contribution < 1.29 is 39.6 Å². The van der Waals surface area contributed by atoms with E-state index in [1.807, 2.05) is 52.0 Å². The van der Waals surface area contributed by atoms with Crippen LogP contribution in [0.3, 0.4) is 0 Å². The summed E-state index contributed by atoms with van der Waals surface area (Å²) in [7, 11) is 0. The van der Waals surface area contributed by atoms with Crippen molar-refractivity contribution in [3.05, 3.63) is 120 Å². The van der Waals surface area contributed by atoms with Crippen molar-refractivity contribution in [1.29, 1.82) is 21.0 Å². The fourth-order valence-corrected chi connectivity index (χ4v) is 13.9. The number of aliphatic hydroxyl groups is 4. The van der Waals surface area contributed by atoms with Gasteiger partial charge in [-0.1, -0.05) is 70.2 Å². The SMILES string of the molecule is C.C.CC(C)[C@@H](O)C(=O)N[C@H]1CN(c2ccc(C#N)c3nccnc23)C[C@H]1C.CC(C)[C@H](O)C(=O)N[C@H]1CN(c2ccc(C#N)c3nccnc23)C[C@H]1C.C[C@@H]1CN(c2ccc(C#N)c3nccnc23)C[C@@H]1NC(=O)C(O)C1CC1.C[C@@H]1CN(c2ccc(C#N)c3nccnc23)C[C@@H]1NC(=O)C(O)C1CC1. The first-order valence-electron chi connectivity index (χ1n) is 35.5. The number of benzene rings is 4. The number of anilines is 4. The van der Waals surface area contributed by atoms with Crippen molar-refractivity contribution in [2.75, 3.05) is 72.0 Å². The Labute approximate surface area is 618 Å². The number of amides is 4. The Morgan fingerprint density at radius 3 is 0.764 bits per heavy atom. The molecule has 2 unspecified atom stereocenters. The van der Waals surface area contributed by atoms with Crippen LogP contribution in [0.2, 0.25) is 0 Å². The van der Waals surface area contributed by atoms with E-state index in [1.165, 1.54) is 0 Å². The maximum Gasteiger partial charge on any atom is 0.249 e. The van der Waals surface area contributed by atoms with Crippen LogP contribution in [0.25, 0.3) is 44.1 Å². The van der Waals surface area contributed by atoms with Gasteiger partial charge in [-0.15, -0.1) is 0 Å². The number of hydrogen-bond donors (Lipinski definition) is 8. The molecule has 8 N–H and O–H groups in total. The summed E-state index contributed by atoms with van der Waals surface area (Å²) in [5, 5.41) is 88.9. The third-order valence-corrected chi connectivity index (χ3v) is 20.5. The first kappa shape index (κ1) is 79.2. The number of aliphatic hydroxyl groups excluding tert-OH is 4. The zero-order valence-corrected chi connectivity index (χ0v) is 59.5. The van der Waals surface area contributed by atoms with Crippen LogP contribution in [0.15, 0.2) is 98.1 Å². The van der Waals surface area contributed by atoms with Crippen LogP contribution >= 0.6 is 0 Å². The maximum atomic E-state index is 12.2. The van der Waals surface area contributed by atoms with E-state index in [-0.39, 0.29) is 110 Å². The maximum absolute atomic E-state index is 12.2. The normalized spacial score (nSPS) is 21.9. The van der Waals surface area contributed by atoms with Gasteiger partial charge in [0, 0.05) is 102 Å². The summed E-state index contributed by atoms with van der Waals surface area (Å²) >= 11 is 0. The van der Waals surface area contributed by atoms with E-state index in [0.717, 1.165) is 74.6 Å². The summed E-state index contributed by atoms with van der Waals surface area (Å²) in [4.78, 5) is 92.3. The van der Waals surface area contributed by atoms with Gasteiger partial charge in [0.05, 0.1) is 69.2 Å². The van der Waals surface area contributed by atoms with Crippen molar-refractivity contribution >= 4 is 90.5 Å². The molecule has 28 heteroatoms. The summed E-state index contributed by atoms with van der Waals surface area (Å²) in [6.07, 6.45) is 12.7. The van der Waals surface area contributed by atoms with Crippen molar-refractivity contribution in [3.8, 4) is 24.3 Å². The lowest BCUT2D eigenvalue weighted by atomic mass is 10.0. The number of aromatic nitrogens is 8. The summed E-state index contributed by atoms with van der Waals surface area (Å²) in [5.41, 5.74) is 10.8. The van der Waals surface area contributed by atoms with Gasteiger partial charge in [0.1, 0.15) is 92.8 Å². The molecule has 28 nitrogen and oxygen atoms in total. The van der Waals surface area contributed by atoms with Gasteiger partial charge in [-0.25, -0.2) is 0 Å². The summed E-state index contributed by atoms with van der Waals surface area (Å²) in [6.45, 7) is 21.1. The van der Waals surface area contributed by atoms with Crippen LogP contribution in [0.4, 0.5) is 22.7 Å². The van der Waals surface area contributed by atoms with E-state index in [4.69, 9.17) is 0 Å². The van der Waals surface area contributed by atoms with Gasteiger partial charge in [-0.3, -0.25) is 59.0 Å². The molecule has 14 rings (SSSR count). The first-order valence-corrected chi connectivity index (χ1v) is 35.5. The van der Waals surface area contributed by atoms with Gasteiger partial charge in [0.2, 0.25) is 23.6 Å². The standard InChI is InChI=1S/2C19H21N5O2.2C19H23N5O2.2CH4/c2*1-11-9-24(10-14(11)23-19(26)18(25)12-2-3-12)15-5-4-13(8-20)16-17(15)22-7-6-21-16;2*1-11(2)18(25)19(26)23-14-10-24(9-12(14)3)15-5-4-13(8-20)16-17(15)22-7-6-21-16;;/h2*4-7,11-12,14,18,25H,2-3,9-10H2,1H3,(H,23,26);2*4-7,11-12,14,18,25H,9-10H2,1-3H3,(H,23,26);2*1H4/t2*11-,14+,18?;12-,14+,18+;12-,14+,18-;;/m1111../s1. The largest absolute Gasteiger partial charge is 0.383 e. The van der Waals surface area contributed by atoms with Crippen LogP contribution in [0, 0.1) is 92.7 Å². The topological polar surface area (TPSA) is 409 Å². The fourth-order valence-electron chi connectivity index (χ4n) is 13.9. The van der Waals surface area contributed by atoms with Crippen molar-refractivity contribution in [2.45, 2.75) is 145 Å². The molecule has 6 fully saturated rings. The molecule has 106 heavy (non-hydrogen) atoms. The van der Waals surface area contributed by atoms with Gasteiger partial charge in [0.15, 0.2) is 0 Å². The lowest BCUT2D eigenvalue weighted by Gasteiger charge is -2.22. The van der Waals surface area contributed by atoms with Crippen LogP contribution in [-0.4, -0.2) is 185 Å². The third-order valence-electron chi connectivity index (χ3n) is 20.5. The van der Waals surface area contributed by atoms with Crippen LogP contribution in [0.1, 0.15) is 118 Å². The van der Waals surface area contributed by atoms with Gasteiger partial charge in [-0.2, -0.15) is 21.0 Å². The number of nitrogens with one attached hydrogen (secondary N) is 4. The Hall–Kier alpha value is -10.9. The Morgan fingerprint density at radius 2 is 0.566 bits per heavy atom. The molecule has 4 saturated heterocycles. The number of rotatable bonds is 16. The Kier molecular flexibility index (Phi) is 26.0.